The van der Waals surface area contributed by atoms with Gasteiger partial charge in [-0.25, -0.2) is 5.01 Å². The van der Waals surface area contributed by atoms with Crippen LogP contribution in [0.2, 0.25) is 0 Å². The van der Waals surface area contributed by atoms with Crippen molar-refractivity contribution in [3.05, 3.63) is 42.3 Å². The number of rotatable bonds is 1. The zero-order chi connectivity index (χ0) is 10.9. The van der Waals surface area contributed by atoms with Crippen LogP contribution < -0.4 is 10.6 Å². The minimum absolute atomic E-state index is 0.566. The third kappa shape index (κ3) is 2.04. The van der Waals surface area contributed by atoms with E-state index < -0.39 is 11.9 Å². The molecular weight excluding hydrogens is 209 g/mol. The molecule has 0 aliphatic carbocycles. The molecule has 0 radical (unpaired) electrons. The summed E-state index contributed by atoms with van der Waals surface area (Å²) in [7, 11) is 0. The molecule has 6 heteroatoms. The second kappa shape index (κ2) is 3.47. The van der Waals surface area contributed by atoms with Crippen molar-refractivity contribution >= 4 is 5.69 Å². The van der Waals surface area contributed by atoms with Crippen molar-refractivity contribution in [1.29, 1.82) is 0 Å². The van der Waals surface area contributed by atoms with Crippen LogP contribution in [0.25, 0.3) is 0 Å². The highest BCUT2D eigenvalue weighted by molar-refractivity contribution is 5.48. The molecule has 0 saturated heterocycles. The quantitative estimate of drug-likeness (QED) is 0.779. The van der Waals surface area contributed by atoms with Crippen molar-refractivity contribution in [2.24, 2.45) is 0 Å². The minimum Gasteiger partial charge on any atom is -0.382 e. The second-order valence-electron chi connectivity index (χ2n) is 2.89. The van der Waals surface area contributed by atoms with Crippen molar-refractivity contribution < 1.29 is 18.0 Å². The van der Waals surface area contributed by atoms with Gasteiger partial charge in [-0.3, -0.25) is 0 Å². The topological polar surface area (TPSA) is 24.5 Å². The molecule has 0 aromatic heterocycles. The highest BCUT2D eigenvalue weighted by atomic mass is 19.4. The molecule has 1 aromatic rings. The predicted octanol–water partition coefficient (Wildman–Crippen LogP) is 2.35. The van der Waals surface area contributed by atoms with E-state index in [2.05, 4.69) is 10.4 Å². The third-order valence-corrected chi connectivity index (χ3v) is 1.81. The number of halogens is 3. The van der Waals surface area contributed by atoms with E-state index in [1.165, 1.54) is 0 Å². The fourth-order valence-electron chi connectivity index (χ4n) is 1.12. The summed E-state index contributed by atoms with van der Waals surface area (Å²) >= 11 is 0. The van der Waals surface area contributed by atoms with Crippen LogP contribution in [-0.2, 0) is 4.84 Å². The maximum atomic E-state index is 12.2. The summed E-state index contributed by atoms with van der Waals surface area (Å²) in [6.45, 7) is 0. The molecule has 80 valence electrons. The van der Waals surface area contributed by atoms with Crippen molar-refractivity contribution in [3.8, 4) is 0 Å². The van der Waals surface area contributed by atoms with Gasteiger partial charge >= 0.3 is 6.18 Å². The van der Waals surface area contributed by atoms with E-state index in [0.29, 0.717) is 5.69 Å². The van der Waals surface area contributed by atoms with Crippen LogP contribution in [-0.4, -0.2) is 6.18 Å². The van der Waals surface area contributed by atoms with Crippen LogP contribution >= 0.6 is 0 Å². The molecule has 1 aromatic carbocycles. The number of para-hydroxylation sites is 1. The highest BCUT2D eigenvalue weighted by Crippen LogP contribution is 2.29. The molecule has 0 bridgehead atoms. The van der Waals surface area contributed by atoms with E-state index in [0.717, 1.165) is 11.2 Å². The van der Waals surface area contributed by atoms with Crippen LogP contribution in [0.5, 0.6) is 0 Å². The summed E-state index contributed by atoms with van der Waals surface area (Å²) in [5.74, 6) is -1.06. The Labute approximate surface area is 83.7 Å². The smallest absolute Gasteiger partial charge is 0.382 e. The molecule has 2 rings (SSSR count). The number of hydrogen-bond acceptors (Lipinski definition) is 3. The van der Waals surface area contributed by atoms with Gasteiger partial charge in [0.1, 0.15) is 0 Å². The largest absolute Gasteiger partial charge is 0.453 e. The summed E-state index contributed by atoms with van der Waals surface area (Å²) in [6.07, 6.45) is -3.62. The van der Waals surface area contributed by atoms with Gasteiger partial charge in [0.15, 0.2) is 0 Å². The fourth-order valence-corrected chi connectivity index (χ4v) is 1.12. The molecule has 0 fully saturated rings. The van der Waals surface area contributed by atoms with Crippen molar-refractivity contribution in [2.45, 2.75) is 6.18 Å². The van der Waals surface area contributed by atoms with E-state index >= 15 is 0 Å². The predicted molar refractivity (Wildman–Crippen MR) is 47.3 cm³/mol. The summed E-state index contributed by atoms with van der Waals surface area (Å²) in [6, 6.07) is 8.53. The normalized spacial score (nSPS) is 16.2. The van der Waals surface area contributed by atoms with Crippen LogP contribution in [0.4, 0.5) is 18.9 Å². The molecule has 1 aliphatic rings. The summed E-state index contributed by atoms with van der Waals surface area (Å²) in [4.78, 5) is 4.30. The van der Waals surface area contributed by atoms with E-state index in [1.807, 2.05) is 0 Å². The number of allylic oxidation sites excluding steroid dienone is 1. The van der Waals surface area contributed by atoms with Crippen molar-refractivity contribution in [2.75, 3.05) is 5.01 Å². The van der Waals surface area contributed by atoms with Gasteiger partial charge in [-0.1, -0.05) is 23.8 Å². The average molecular weight is 216 g/mol. The number of hydrogen-bond donors (Lipinski definition) is 1. The average Bonchev–Trinajstić information content (AvgIpc) is 2.67. The Morgan fingerprint density at radius 1 is 1.13 bits per heavy atom. The summed E-state index contributed by atoms with van der Waals surface area (Å²) in [5, 5.41) is 1.16. The van der Waals surface area contributed by atoms with Gasteiger partial charge in [0.25, 0.3) is 0 Å². The molecule has 15 heavy (non-hydrogen) atoms. The molecule has 0 spiro atoms. The summed E-state index contributed by atoms with van der Waals surface area (Å²) in [5.41, 5.74) is 2.72. The van der Waals surface area contributed by atoms with Gasteiger partial charge in [-0.2, -0.15) is 13.2 Å². The standard InChI is InChI=1S/C9H7F3N2O/c10-9(11,12)8-6-14(13-15-8)7-4-2-1-3-5-7/h1-6,13H. The van der Waals surface area contributed by atoms with E-state index in [1.54, 1.807) is 30.3 Å². The molecular formula is C9H7F3N2O. The first-order valence-electron chi connectivity index (χ1n) is 4.13. The van der Waals surface area contributed by atoms with Gasteiger partial charge in [0.05, 0.1) is 11.9 Å². The zero-order valence-corrected chi connectivity index (χ0v) is 7.45. The first kappa shape index (κ1) is 9.85. The number of alkyl halides is 3. The molecule has 0 amide bonds. The van der Waals surface area contributed by atoms with Gasteiger partial charge in [0.2, 0.25) is 5.76 Å². The maximum absolute atomic E-state index is 12.2. The van der Waals surface area contributed by atoms with Gasteiger partial charge < -0.3 is 4.84 Å². The lowest BCUT2D eigenvalue weighted by Gasteiger charge is -2.12. The Morgan fingerprint density at radius 2 is 1.80 bits per heavy atom. The lowest BCUT2D eigenvalue weighted by Crippen LogP contribution is -2.27. The van der Waals surface area contributed by atoms with Gasteiger partial charge in [-0.05, 0) is 12.1 Å². The Bertz CT molecular complexity index is 375. The molecule has 3 nitrogen and oxygen atoms in total. The lowest BCUT2D eigenvalue weighted by molar-refractivity contribution is -0.136. The number of benzene rings is 1. The van der Waals surface area contributed by atoms with Crippen molar-refractivity contribution in [1.82, 2.24) is 5.59 Å². The summed E-state index contributed by atoms with van der Waals surface area (Å²) < 4.78 is 36.6. The number of nitrogens with one attached hydrogen (secondary N) is 1. The molecule has 1 heterocycles. The van der Waals surface area contributed by atoms with Crippen LogP contribution in [0.3, 0.4) is 0 Å². The van der Waals surface area contributed by atoms with Gasteiger partial charge in [0, 0.05) is 0 Å². The highest BCUT2D eigenvalue weighted by Gasteiger charge is 2.40. The van der Waals surface area contributed by atoms with E-state index in [4.69, 9.17) is 0 Å². The minimum atomic E-state index is -4.48. The molecule has 1 aliphatic heterocycles. The monoisotopic (exact) mass is 216 g/mol. The molecule has 0 unspecified atom stereocenters. The Kier molecular flexibility index (Phi) is 2.28. The molecule has 0 saturated carbocycles. The first-order chi connectivity index (χ1) is 7.07. The number of nitrogens with zero attached hydrogens (tertiary/aromatic N) is 1. The molecule has 1 N–H and O–H groups in total. The Morgan fingerprint density at radius 3 is 2.33 bits per heavy atom. The first-order valence-corrected chi connectivity index (χ1v) is 4.13. The SMILES string of the molecule is FC(F)(F)C1=CN(c2ccccc2)NO1. The molecule has 0 atom stereocenters. The van der Waals surface area contributed by atoms with Crippen LogP contribution in [0, 0.1) is 0 Å². The second-order valence-corrected chi connectivity index (χ2v) is 2.89. The van der Waals surface area contributed by atoms with Crippen molar-refractivity contribution in [3.63, 3.8) is 0 Å². The number of hydrazine groups is 1. The van der Waals surface area contributed by atoms with Crippen LogP contribution in [0.15, 0.2) is 42.3 Å². The zero-order valence-electron chi connectivity index (χ0n) is 7.45. The number of anilines is 1. The lowest BCUT2D eigenvalue weighted by atomic mass is 10.3. The maximum Gasteiger partial charge on any atom is 0.453 e. The van der Waals surface area contributed by atoms with E-state index in [9.17, 15) is 13.2 Å². The van der Waals surface area contributed by atoms with Gasteiger partial charge in [-0.15, -0.1) is 0 Å². The Balaban J connectivity index is 2.20. The fraction of sp³-hybridized carbons (Fsp3) is 0.111. The van der Waals surface area contributed by atoms with E-state index in [-0.39, 0.29) is 0 Å². The van der Waals surface area contributed by atoms with Crippen LogP contribution in [0.1, 0.15) is 0 Å². The third-order valence-electron chi connectivity index (χ3n) is 1.81. The Hall–Kier alpha value is -1.69.